The lowest BCUT2D eigenvalue weighted by molar-refractivity contribution is 0.866. The van der Waals surface area contributed by atoms with E-state index in [1.54, 1.807) is 17.7 Å². The van der Waals surface area contributed by atoms with Crippen molar-refractivity contribution in [2.75, 3.05) is 23.3 Å². The summed E-state index contributed by atoms with van der Waals surface area (Å²) in [6, 6.07) is 19.3. The number of rotatable bonds is 6. The molecule has 3 aromatic heterocycles. The van der Waals surface area contributed by atoms with Crippen LogP contribution in [0, 0.1) is 0 Å². The molecule has 0 bridgehead atoms. The van der Waals surface area contributed by atoms with Gasteiger partial charge in [0.2, 0.25) is 0 Å². The zero-order valence-corrected chi connectivity index (χ0v) is 17.8. The van der Waals surface area contributed by atoms with Crippen LogP contribution in [0.2, 0.25) is 0 Å². The average molecular weight is 414 g/mol. The highest BCUT2D eigenvalue weighted by Crippen LogP contribution is 2.37. The monoisotopic (exact) mass is 413 g/mol. The van der Waals surface area contributed by atoms with Crippen LogP contribution < -0.4 is 10.2 Å². The summed E-state index contributed by atoms with van der Waals surface area (Å²) < 4.78 is 1.06. The maximum atomic E-state index is 4.51. The van der Waals surface area contributed by atoms with Crippen molar-refractivity contribution in [2.45, 2.75) is 13.8 Å². The molecule has 5 aromatic rings. The van der Waals surface area contributed by atoms with Gasteiger partial charge in [0.25, 0.3) is 0 Å². The van der Waals surface area contributed by atoms with E-state index < -0.39 is 0 Å². The van der Waals surface area contributed by atoms with Gasteiger partial charge in [-0.15, -0.1) is 11.3 Å². The van der Waals surface area contributed by atoms with Crippen molar-refractivity contribution < 1.29 is 0 Å². The van der Waals surface area contributed by atoms with Gasteiger partial charge in [0, 0.05) is 46.4 Å². The fourth-order valence-corrected chi connectivity index (χ4v) is 4.84. The van der Waals surface area contributed by atoms with E-state index in [1.807, 2.05) is 6.20 Å². The molecule has 0 aliphatic heterocycles. The standard InChI is InChI=1S/C24H23N5S/c1-3-29(4-2)19-8-5-16(6-9-19)22-14-21-23(30-22)24(27-15-26-21)28-18-7-10-20-17(13-18)11-12-25-20/h5-15,25H,3-4H2,1-2H3,(H,26,27,28). The molecule has 2 N–H and O–H groups in total. The molecule has 0 atom stereocenters. The Morgan fingerprint density at radius 1 is 0.967 bits per heavy atom. The van der Waals surface area contributed by atoms with Gasteiger partial charge in [-0.05, 0) is 61.9 Å². The summed E-state index contributed by atoms with van der Waals surface area (Å²) in [5, 5.41) is 4.64. The summed E-state index contributed by atoms with van der Waals surface area (Å²) in [6.07, 6.45) is 3.58. The molecule has 6 heteroatoms. The Kier molecular flexibility index (Phi) is 4.85. The maximum Gasteiger partial charge on any atom is 0.151 e. The molecule has 150 valence electrons. The number of H-pyrrole nitrogens is 1. The highest BCUT2D eigenvalue weighted by molar-refractivity contribution is 7.22. The number of benzene rings is 2. The van der Waals surface area contributed by atoms with Crippen LogP contribution in [-0.2, 0) is 0 Å². The van der Waals surface area contributed by atoms with E-state index in [9.17, 15) is 0 Å². The zero-order valence-electron chi connectivity index (χ0n) is 17.0. The minimum atomic E-state index is 0.839. The first-order chi connectivity index (χ1) is 14.7. The first-order valence-electron chi connectivity index (χ1n) is 10.2. The number of hydrogen-bond acceptors (Lipinski definition) is 5. The quantitative estimate of drug-likeness (QED) is 0.337. The summed E-state index contributed by atoms with van der Waals surface area (Å²) in [5.41, 5.74) is 5.56. The Hall–Kier alpha value is -3.38. The summed E-state index contributed by atoms with van der Waals surface area (Å²) >= 11 is 1.72. The van der Waals surface area contributed by atoms with Crippen LogP contribution in [0.4, 0.5) is 17.2 Å². The number of fused-ring (bicyclic) bond motifs is 2. The Morgan fingerprint density at radius 2 is 1.80 bits per heavy atom. The van der Waals surface area contributed by atoms with Gasteiger partial charge in [0.05, 0.1) is 10.2 Å². The van der Waals surface area contributed by atoms with Crippen LogP contribution in [0.15, 0.2) is 67.1 Å². The molecule has 0 aliphatic carbocycles. The highest BCUT2D eigenvalue weighted by atomic mass is 32.1. The van der Waals surface area contributed by atoms with E-state index in [1.165, 1.54) is 21.5 Å². The number of thiophene rings is 1. The highest BCUT2D eigenvalue weighted by Gasteiger charge is 2.11. The van der Waals surface area contributed by atoms with Crippen molar-refractivity contribution >= 4 is 49.6 Å². The van der Waals surface area contributed by atoms with Gasteiger partial charge in [0.15, 0.2) is 5.82 Å². The maximum absolute atomic E-state index is 4.51. The van der Waals surface area contributed by atoms with Crippen LogP contribution in [0.25, 0.3) is 31.6 Å². The van der Waals surface area contributed by atoms with Crippen LogP contribution in [0.5, 0.6) is 0 Å². The first kappa shape index (κ1) is 18.6. The van der Waals surface area contributed by atoms with Gasteiger partial charge < -0.3 is 15.2 Å². The van der Waals surface area contributed by atoms with Gasteiger partial charge >= 0.3 is 0 Å². The third kappa shape index (κ3) is 3.39. The second-order valence-corrected chi connectivity index (χ2v) is 8.22. The first-order valence-corrected chi connectivity index (χ1v) is 11.0. The molecule has 2 aromatic carbocycles. The minimum absolute atomic E-state index is 0.839. The predicted molar refractivity (Wildman–Crippen MR) is 128 cm³/mol. The minimum Gasteiger partial charge on any atom is -0.372 e. The summed E-state index contributed by atoms with van der Waals surface area (Å²) in [6.45, 7) is 6.39. The molecule has 0 amide bonds. The zero-order chi connectivity index (χ0) is 20.5. The van der Waals surface area contributed by atoms with Gasteiger partial charge in [-0.2, -0.15) is 0 Å². The lowest BCUT2D eigenvalue weighted by Crippen LogP contribution is -2.21. The van der Waals surface area contributed by atoms with E-state index in [0.29, 0.717) is 0 Å². The Bertz CT molecular complexity index is 1300. The largest absolute Gasteiger partial charge is 0.372 e. The van der Waals surface area contributed by atoms with E-state index in [2.05, 4.69) is 93.6 Å². The van der Waals surface area contributed by atoms with Crippen LogP contribution in [-0.4, -0.2) is 28.0 Å². The van der Waals surface area contributed by atoms with E-state index in [0.717, 1.165) is 40.3 Å². The van der Waals surface area contributed by atoms with Crippen LogP contribution in [0.3, 0.4) is 0 Å². The smallest absolute Gasteiger partial charge is 0.151 e. The van der Waals surface area contributed by atoms with Gasteiger partial charge in [-0.3, -0.25) is 0 Å². The van der Waals surface area contributed by atoms with Gasteiger partial charge in [-0.1, -0.05) is 12.1 Å². The molecule has 0 radical (unpaired) electrons. The number of aromatic nitrogens is 3. The van der Waals surface area contributed by atoms with E-state index in [-0.39, 0.29) is 0 Å². The molecule has 0 aliphatic rings. The Morgan fingerprint density at radius 3 is 2.60 bits per heavy atom. The predicted octanol–water partition coefficient (Wildman–Crippen LogP) is 6.43. The van der Waals surface area contributed by atoms with Crippen molar-refractivity contribution in [3.63, 3.8) is 0 Å². The Balaban J connectivity index is 1.47. The van der Waals surface area contributed by atoms with Crippen molar-refractivity contribution in [1.29, 1.82) is 0 Å². The number of nitrogens with zero attached hydrogens (tertiary/aromatic N) is 3. The third-order valence-corrected chi connectivity index (χ3v) is 6.59. The number of aromatic amines is 1. The second kappa shape index (κ2) is 7.80. The molecule has 3 heterocycles. The topological polar surface area (TPSA) is 56.8 Å². The van der Waals surface area contributed by atoms with Gasteiger partial charge in [0.1, 0.15) is 6.33 Å². The van der Waals surface area contributed by atoms with Crippen LogP contribution >= 0.6 is 11.3 Å². The molecule has 5 nitrogen and oxygen atoms in total. The summed E-state index contributed by atoms with van der Waals surface area (Å²) in [4.78, 5) is 15.8. The molecule has 0 unspecified atom stereocenters. The normalized spacial score (nSPS) is 11.3. The molecule has 5 rings (SSSR count). The number of anilines is 3. The fraction of sp³-hybridized carbons (Fsp3) is 0.167. The molecule has 0 saturated heterocycles. The van der Waals surface area contributed by atoms with Crippen molar-refractivity contribution in [1.82, 2.24) is 15.0 Å². The third-order valence-electron chi connectivity index (χ3n) is 5.41. The molecule has 0 saturated carbocycles. The SMILES string of the molecule is CCN(CC)c1ccc(-c2cc3ncnc(Nc4ccc5[nH]ccc5c4)c3s2)cc1. The van der Waals surface area contributed by atoms with Gasteiger partial charge in [-0.25, -0.2) is 9.97 Å². The average Bonchev–Trinajstić information content (AvgIpc) is 3.42. The molecular formula is C24H23N5S. The number of nitrogens with one attached hydrogen (secondary N) is 2. The molecule has 0 fully saturated rings. The second-order valence-electron chi connectivity index (χ2n) is 7.17. The fourth-order valence-electron chi connectivity index (χ4n) is 3.78. The Labute approximate surface area is 179 Å². The van der Waals surface area contributed by atoms with Crippen LogP contribution in [0.1, 0.15) is 13.8 Å². The number of hydrogen-bond donors (Lipinski definition) is 2. The van der Waals surface area contributed by atoms with Crippen molar-refractivity contribution in [3.05, 3.63) is 67.1 Å². The van der Waals surface area contributed by atoms with E-state index in [4.69, 9.17) is 0 Å². The molecular weight excluding hydrogens is 390 g/mol. The van der Waals surface area contributed by atoms with E-state index >= 15 is 0 Å². The van der Waals surface area contributed by atoms with Crippen molar-refractivity contribution in [3.8, 4) is 10.4 Å². The lowest BCUT2D eigenvalue weighted by Gasteiger charge is -2.21. The molecule has 0 spiro atoms. The lowest BCUT2D eigenvalue weighted by atomic mass is 10.1. The summed E-state index contributed by atoms with van der Waals surface area (Å²) in [5.74, 6) is 0.839. The summed E-state index contributed by atoms with van der Waals surface area (Å²) in [7, 11) is 0. The van der Waals surface area contributed by atoms with Crippen molar-refractivity contribution in [2.24, 2.45) is 0 Å². The molecule has 30 heavy (non-hydrogen) atoms.